The maximum Gasteiger partial charge on any atom is 0.326 e. The van der Waals surface area contributed by atoms with Gasteiger partial charge < -0.3 is 19.3 Å². The van der Waals surface area contributed by atoms with Crippen LogP contribution in [0.5, 0.6) is 11.5 Å². The molecule has 5 rings (SSSR count). The van der Waals surface area contributed by atoms with Crippen LogP contribution in [-0.2, 0) is 4.79 Å². The van der Waals surface area contributed by atoms with Gasteiger partial charge in [-0.2, -0.15) is 0 Å². The number of halogens is 2. The number of aliphatic imine (C=N–C) groups is 1. The summed E-state index contributed by atoms with van der Waals surface area (Å²) in [6, 6.07) is 19.1. The Labute approximate surface area is 270 Å². The van der Waals surface area contributed by atoms with Crippen LogP contribution in [0, 0.1) is 0 Å². The molecule has 0 saturated carbocycles. The molecule has 0 spiro atoms. The Balaban J connectivity index is 0.00000216. The van der Waals surface area contributed by atoms with Crippen molar-refractivity contribution >= 4 is 41.0 Å². The topological polar surface area (TPSA) is 74.7 Å². The lowest BCUT2D eigenvalue weighted by atomic mass is 9.93. The highest BCUT2D eigenvalue weighted by molar-refractivity contribution is 6.30. The van der Waals surface area contributed by atoms with E-state index in [0.29, 0.717) is 52.6 Å². The van der Waals surface area contributed by atoms with E-state index in [9.17, 15) is 9.59 Å². The van der Waals surface area contributed by atoms with Crippen LogP contribution in [0.25, 0.3) is 0 Å². The molecule has 2 atom stereocenters. The van der Waals surface area contributed by atoms with Crippen LogP contribution in [0.15, 0.2) is 71.7 Å². The molecule has 1 fully saturated rings. The van der Waals surface area contributed by atoms with Gasteiger partial charge in [-0.25, -0.2) is 4.79 Å². The minimum atomic E-state index is -0.528. The molecule has 0 aromatic heterocycles. The van der Waals surface area contributed by atoms with Crippen LogP contribution in [0.4, 0.5) is 4.79 Å². The first-order valence-electron chi connectivity index (χ1n) is 15.0. The van der Waals surface area contributed by atoms with E-state index >= 15 is 0 Å². The number of carbonyl (C=O) groups is 2. The van der Waals surface area contributed by atoms with Crippen molar-refractivity contribution < 1.29 is 19.1 Å². The zero-order valence-electron chi connectivity index (χ0n) is 26.1. The van der Waals surface area contributed by atoms with Gasteiger partial charge in [-0.15, -0.1) is 0 Å². The van der Waals surface area contributed by atoms with E-state index in [1.807, 2.05) is 83.1 Å². The molecule has 2 aliphatic rings. The summed E-state index contributed by atoms with van der Waals surface area (Å²) in [7, 11) is 1.59. The highest BCUT2D eigenvalue weighted by Gasteiger charge is 2.45. The van der Waals surface area contributed by atoms with E-state index in [1.54, 1.807) is 40.0 Å². The molecule has 0 N–H and O–H groups in total. The molecule has 3 aromatic rings. The highest BCUT2D eigenvalue weighted by Crippen LogP contribution is 2.46. The first kappa shape index (κ1) is 33.1. The van der Waals surface area contributed by atoms with E-state index in [0.717, 1.165) is 11.1 Å². The lowest BCUT2D eigenvalue weighted by Gasteiger charge is -2.38. The van der Waals surface area contributed by atoms with E-state index in [-0.39, 0.29) is 24.6 Å². The minimum Gasteiger partial charge on any atom is -0.497 e. The zero-order chi connectivity index (χ0) is 32.0. The van der Waals surface area contributed by atoms with Gasteiger partial charge in [0.2, 0.25) is 5.91 Å². The first-order valence-corrected chi connectivity index (χ1v) is 15.8. The molecule has 0 radical (unpaired) electrons. The van der Waals surface area contributed by atoms with Gasteiger partial charge in [-0.05, 0) is 68.3 Å². The Hall–Kier alpha value is -3.75. The Morgan fingerprint density at radius 1 is 0.955 bits per heavy atom. The van der Waals surface area contributed by atoms with Gasteiger partial charge in [0.25, 0.3) is 0 Å². The van der Waals surface area contributed by atoms with Crippen LogP contribution < -0.4 is 9.47 Å². The largest absolute Gasteiger partial charge is 0.497 e. The molecule has 234 valence electrons. The van der Waals surface area contributed by atoms with Gasteiger partial charge in [-0.1, -0.05) is 61.3 Å². The molecular formula is C34H40Cl2N4O4. The number of methoxy groups -OCH3 is 1. The summed E-state index contributed by atoms with van der Waals surface area (Å²) in [5, 5.41) is 1.19. The normalized spacial score (nSPS) is 18.2. The van der Waals surface area contributed by atoms with Gasteiger partial charge in [0.15, 0.2) is 0 Å². The molecular weight excluding hydrogens is 599 g/mol. The maximum atomic E-state index is 14.6. The second-order valence-electron chi connectivity index (χ2n) is 10.5. The van der Waals surface area contributed by atoms with Gasteiger partial charge in [0.1, 0.15) is 29.9 Å². The molecule has 2 heterocycles. The SMILES string of the molecule is CC.CCN1CCN(C(=O)N2C(c3ccc(OC)cc3OC(C)C)=NC(c3ccc(Cl)cc3)C2c2ccc(Cl)cc2)CC1=O. The van der Waals surface area contributed by atoms with Gasteiger partial charge in [0.05, 0.1) is 24.8 Å². The number of benzene rings is 3. The van der Waals surface area contributed by atoms with Crippen molar-refractivity contribution in [3.05, 3.63) is 93.5 Å². The number of hydrogen-bond acceptors (Lipinski definition) is 5. The van der Waals surface area contributed by atoms with E-state index in [4.69, 9.17) is 37.7 Å². The van der Waals surface area contributed by atoms with E-state index in [1.165, 1.54) is 0 Å². The number of ether oxygens (including phenoxy) is 2. The third kappa shape index (κ3) is 7.13. The molecule has 2 unspecified atom stereocenters. The van der Waals surface area contributed by atoms with Crippen molar-refractivity contribution in [1.29, 1.82) is 0 Å². The van der Waals surface area contributed by atoms with Crippen molar-refractivity contribution in [2.24, 2.45) is 4.99 Å². The summed E-state index contributed by atoms with van der Waals surface area (Å²) < 4.78 is 11.7. The molecule has 3 aromatic carbocycles. The number of carbonyl (C=O) groups excluding carboxylic acids is 2. The number of nitrogens with zero attached hydrogens (tertiary/aromatic N) is 4. The Bertz CT molecular complexity index is 1480. The maximum absolute atomic E-state index is 14.6. The highest BCUT2D eigenvalue weighted by atomic mass is 35.5. The van der Waals surface area contributed by atoms with Crippen LogP contribution in [-0.4, -0.2) is 71.9 Å². The third-order valence-corrected chi connectivity index (χ3v) is 7.96. The number of amidine groups is 1. The third-order valence-electron chi connectivity index (χ3n) is 7.46. The average Bonchev–Trinajstić information content (AvgIpc) is 3.42. The summed E-state index contributed by atoms with van der Waals surface area (Å²) in [6.07, 6.45) is -0.138. The van der Waals surface area contributed by atoms with Crippen LogP contribution in [0.2, 0.25) is 10.0 Å². The fourth-order valence-corrected chi connectivity index (χ4v) is 5.63. The number of rotatable bonds is 7. The molecule has 8 nitrogen and oxygen atoms in total. The van der Waals surface area contributed by atoms with Crippen LogP contribution in [0.3, 0.4) is 0 Å². The lowest BCUT2D eigenvalue weighted by Crippen LogP contribution is -2.56. The molecule has 44 heavy (non-hydrogen) atoms. The summed E-state index contributed by atoms with van der Waals surface area (Å²) in [5.74, 6) is 1.53. The second-order valence-corrected chi connectivity index (χ2v) is 11.4. The van der Waals surface area contributed by atoms with Crippen molar-refractivity contribution in [2.45, 2.75) is 52.8 Å². The number of piperazine rings is 1. The quantitative estimate of drug-likeness (QED) is 0.266. The molecule has 2 aliphatic heterocycles. The van der Waals surface area contributed by atoms with Gasteiger partial charge in [-0.3, -0.25) is 14.7 Å². The van der Waals surface area contributed by atoms with Gasteiger partial charge in [0, 0.05) is 35.7 Å². The molecule has 10 heteroatoms. The Morgan fingerprint density at radius 2 is 1.57 bits per heavy atom. The predicted octanol–water partition coefficient (Wildman–Crippen LogP) is 7.64. The van der Waals surface area contributed by atoms with E-state index < -0.39 is 12.1 Å². The standard InChI is InChI=1S/C32H34Cl2N4O4.C2H6/c1-5-36-16-17-37(19-28(36)39)32(40)38-30(22-8-12-24(34)13-9-22)29(21-6-10-23(33)11-7-21)35-31(38)26-15-14-25(41-4)18-27(26)42-20(2)3;1-2/h6-15,18,20,29-30H,5,16-17,19H2,1-4H3;1-2H3. The van der Waals surface area contributed by atoms with Crippen LogP contribution in [0.1, 0.15) is 63.4 Å². The number of amides is 3. The predicted molar refractivity (Wildman–Crippen MR) is 176 cm³/mol. The number of urea groups is 1. The molecule has 1 saturated heterocycles. The smallest absolute Gasteiger partial charge is 0.326 e. The van der Waals surface area contributed by atoms with Crippen molar-refractivity contribution in [3.63, 3.8) is 0 Å². The van der Waals surface area contributed by atoms with Crippen molar-refractivity contribution in [2.75, 3.05) is 33.3 Å². The second kappa shape index (κ2) is 14.8. The summed E-state index contributed by atoms with van der Waals surface area (Å²) >= 11 is 12.5. The average molecular weight is 640 g/mol. The summed E-state index contributed by atoms with van der Waals surface area (Å²) in [5.41, 5.74) is 2.38. The Morgan fingerprint density at radius 3 is 2.11 bits per heavy atom. The monoisotopic (exact) mass is 638 g/mol. The summed E-state index contributed by atoms with van der Waals surface area (Å²) in [4.78, 5) is 37.7. The minimum absolute atomic E-state index is 0.00658. The Kier molecular flexibility index (Phi) is 11.2. The van der Waals surface area contributed by atoms with E-state index in [2.05, 4.69) is 0 Å². The van der Waals surface area contributed by atoms with Gasteiger partial charge >= 0.3 is 6.03 Å². The number of hydrogen-bond donors (Lipinski definition) is 0. The fraction of sp³-hybridized carbons (Fsp3) is 0.382. The zero-order valence-corrected chi connectivity index (χ0v) is 27.6. The number of likely N-dealkylation sites (N-methyl/N-ethyl adjacent to an activating group) is 1. The van der Waals surface area contributed by atoms with Crippen LogP contribution >= 0.6 is 23.2 Å². The first-order chi connectivity index (χ1) is 21.2. The fourth-order valence-electron chi connectivity index (χ4n) is 5.38. The molecule has 0 aliphatic carbocycles. The van der Waals surface area contributed by atoms with Crippen molar-refractivity contribution in [3.8, 4) is 11.5 Å². The molecule has 0 bridgehead atoms. The van der Waals surface area contributed by atoms with Crippen molar-refractivity contribution in [1.82, 2.24) is 14.7 Å². The molecule has 3 amide bonds. The lowest BCUT2D eigenvalue weighted by molar-refractivity contribution is -0.134. The summed E-state index contributed by atoms with van der Waals surface area (Å²) in [6.45, 7) is 11.3.